The van der Waals surface area contributed by atoms with Gasteiger partial charge in [0.2, 0.25) is 0 Å². The standard InChI is InChI=1S/C13H15N5S/c14-7-4-8-18(11-5-2-1-3-6-11)10-12-9-16-13(17-15)19-12/h1-3,5-6,9H,4,8,10,15H2,(H,16,17). The number of aromatic nitrogens is 1. The lowest BCUT2D eigenvalue weighted by Crippen LogP contribution is -2.23. The fraction of sp³-hybridized carbons (Fsp3) is 0.231. The Morgan fingerprint density at radius 2 is 2.16 bits per heavy atom. The minimum absolute atomic E-state index is 0.496. The summed E-state index contributed by atoms with van der Waals surface area (Å²) < 4.78 is 0. The first kappa shape index (κ1) is 13.3. The summed E-state index contributed by atoms with van der Waals surface area (Å²) in [6, 6.07) is 12.2. The molecule has 3 N–H and O–H groups in total. The van der Waals surface area contributed by atoms with Crippen molar-refractivity contribution >= 4 is 22.2 Å². The summed E-state index contributed by atoms with van der Waals surface area (Å²) in [4.78, 5) is 7.42. The van der Waals surface area contributed by atoms with Gasteiger partial charge >= 0.3 is 0 Å². The van der Waals surface area contributed by atoms with E-state index in [0.29, 0.717) is 18.1 Å². The number of thiazole rings is 1. The van der Waals surface area contributed by atoms with Crippen LogP contribution in [0.2, 0.25) is 0 Å². The summed E-state index contributed by atoms with van der Waals surface area (Å²) in [6.45, 7) is 1.43. The highest BCUT2D eigenvalue weighted by Gasteiger charge is 2.09. The van der Waals surface area contributed by atoms with Gasteiger partial charge in [0.1, 0.15) is 0 Å². The molecule has 0 aliphatic carbocycles. The molecule has 1 heterocycles. The number of anilines is 2. The van der Waals surface area contributed by atoms with Crippen LogP contribution in [-0.4, -0.2) is 11.5 Å². The van der Waals surface area contributed by atoms with Crippen LogP contribution >= 0.6 is 11.3 Å². The highest BCUT2D eigenvalue weighted by Crippen LogP contribution is 2.22. The average molecular weight is 273 g/mol. The van der Waals surface area contributed by atoms with Crippen molar-refractivity contribution in [2.24, 2.45) is 5.84 Å². The molecule has 0 spiro atoms. The number of nitrogens with zero attached hydrogens (tertiary/aromatic N) is 3. The van der Waals surface area contributed by atoms with Crippen LogP contribution in [0.4, 0.5) is 10.8 Å². The molecule has 0 aliphatic rings. The van der Waals surface area contributed by atoms with Crippen molar-refractivity contribution in [3.05, 3.63) is 41.4 Å². The number of rotatable bonds is 6. The summed E-state index contributed by atoms with van der Waals surface area (Å²) >= 11 is 1.52. The summed E-state index contributed by atoms with van der Waals surface area (Å²) in [7, 11) is 0. The van der Waals surface area contributed by atoms with Gasteiger partial charge in [0.25, 0.3) is 0 Å². The molecule has 0 amide bonds. The van der Waals surface area contributed by atoms with E-state index in [1.54, 1.807) is 0 Å². The van der Waals surface area contributed by atoms with E-state index >= 15 is 0 Å². The van der Waals surface area contributed by atoms with Gasteiger partial charge in [-0.1, -0.05) is 29.5 Å². The van der Waals surface area contributed by atoms with Crippen molar-refractivity contribution in [2.75, 3.05) is 16.9 Å². The third-order valence-electron chi connectivity index (χ3n) is 2.64. The molecule has 2 aromatic rings. The van der Waals surface area contributed by atoms with E-state index in [0.717, 1.165) is 17.1 Å². The first-order valence-electron chi connectivity index (χ1n) is 5.91. The molecule has 0 atom stereocenters. The van der Waals surface area contributed by atoms with Gasteiger partial charge in [-0.05, 0) is 12.1 Å². The topological polar surface area (TPSA) is 78.0 Å². The lowest BCUT2D eigenvalue weighted by atomic mass is 10.2. The van der Waals surface area contributed by atoms with E-state index < -0.39 is 0 Å². The molecule has 0 saturated carbocycles. The zero-order valence-corrected chi connectivity index (χ0v) is 11.2. The van der Waals surface area contributed by atoms with Gasteiger partial charge in [-0.2, -0.15) is 5.26 Å². The molecule has 19 heavy (non-hydrogen) atoms. The van der Waals surface area contributed by atoms with Crippen LogP contribution in [0.15, 0.2) is 36.5 Å². The number of hydrogen-bond acceptors (Lipinski definition) is 6. The number of nitrogen functional groups attached to an aromatic ring is 1. The largest absolute Gasteiger partial charge is 0.365 e. The molecular formula is C13H15N5S. The minimum atomic E-state index is 0.496. The molecule has 0 radical (unpaired) electrons. The Morgan fingerprint density at radius 1 is 1.37 bits per heavy atom. The van der Waals surface area contributed by atoms with E-state index in [2.05, 4.69) is 21.4 Å². The van der Waals surface area contributed by atoms with E-state index in [-0.39, 0.29) is 0 Å². The first-order chi connectivity index (χ1) is 9.33. The van der Waals surface area contributed by atoms with E-state index in [9.17, 15) is 0 Å². The van der Waals surface area contributed by atoms with Crippen LogP contribution in [-0.2, 0) is 6.54 Å². The fourth-order valence-electron chi connectivity index (χ4n) is 1.76. The number of benzene rings is 1. The second kappa shape index (κ2) is 6.73. The summed E-state index contributed by atoms with van der Waals surface area (Å²) in [5.74, 6) is 5.33. The van der Waals surface area contributed by atoms with Gasteiger partial charge in [0, 0.05) is 23.3 Å². The number of nitrogens with one attached hydrogen (secondary N) is 1. The molecule has 2 rings (SSSR count). The lowest BCUT2D eigenvalue weighted by molar-refractivity contribution is 0.805. The summed E-state index contributed by atoms with van der Waals surface area (Å²) in [6.07, 6.45) is 2.30. The number of hydrazine groups is 1. The van der Waals surface area contributed by atoms with E-state index in [4.69, 9.17) is 11.1 Å². The third-order valence-corrected chi connectivity index (χ3v) is 3.55. The maximum absolute atomic E-state index is 8.76. The summed E-state index contributed by atoms with van der Waals surface area (Å²) in [5.41, 5.74) is 3.65. The van der Waals surface area contributed by atoms with Gasteiger partial charge in [0.05, 0.1) is 19.0 Å². The Bertz CT molecular complexity index is 546. The predicted octanol–water partition coefficient (Wildman–Crippen LogP) is 2.35. The maximum Gasteiger partial charge on any atom is 0.197 e. The van der Waals surface area contributed by atoms with Crippen LogP contribution < -0.4 is 16.2 Å². The molecule has 0 bridgehead atoms. The lowest BCUT2D eigenvalue weighted by Gasteiger charge is -2.22. The molecule has 0 saturated heterocycles. The average Bonchev–Trinajstić information content (AvgIpc) is 2.92. The molecule has 0 aliphatic heterocycles. The van der Waals surface area contributed by atoms with Crippen LogP contribution in [0.1, 0.15) is 11.3 Å². The van der Waals surface area contributed by atoms with Crippen LogP contribution in [0, 0.1) is 11.3 Å². The van der Waals surface area contributed by atoms with Crippen molar-refractivity contribution in [1.82, 2.24) is 4.98 Å². The van der Waals surface area contributed by atoms with E-state index in [1.165, 1.54) is 11.3 Å². The van der Waals surface area contributed by atoms with Crippen molar-refractivity contribution in [3.8, 4) is 6.07 Å². The van der Waals surface area contributed by atoms with Crippen molar-refractivity contribution in [3.63, 3.8) is 0 Å². The monoisotopic (exact) mass is 273 g/mol. The summed E-state index contributed by atoms with van der Waals surface area (Å²) in [5, 5.41) is 9.45. The number of nitrogens with two attached hydrogens (primary N) is 1. The van der Waals surface area contributed by atoms with Crippen LogP contribution in [0.3, 0.4) is 0 Å². The van der Waals surface area contributed by atoms with Crippen LogP contribution in [0.25, 0.3) is 0 Å². The molecule has 98 valence electrons. The molecule has 1 aromatic heterocycles. The van der Waals surface area contributed by atoms with Gasteiger partial charge in [0.15, 0.2) is 5.13 Å². The number of para-hydroxylation sites is 1. The maximum atomic E-state index is 8.76. The Balaban J connectivity index is 2.12. The molecule has 0 fully saturated rings. The smallest absolute Gasteiger partial charge is 0.197 e. The highest BCUT2D eigenvalue weighted by atomic mass is 32.1. The van der Waals surface area contributed by atoms with Crippen molar-refractivity contribution < 1.29 is 0 Å². The van der Waals surface area contributed by atoms with Gasteiger partial charge in [-0.25, -0.2) is 10.8 Å². The van der Waals surface area contributed by atoms with Crippen LogP contribution in [0.5, 0.6) is 0 Å². The minimum Gasteiger partial charge on any atom is -0.365 e. The third kappa shape index (κ3) is 3.68. The number of nitriles is 1. The highest BCUT2D eigenvalue weighted by molar-refractivity contribution is 7.15. The van der Waals surface area contributed by atoms with Gasteiger partial charge in [-0.15, -0.1) is 0 Å². The Labute approximate surface area is 116 Å². The predicted molar refractivity (Wildman–Crippen MR) is 77.6 cm³/mol. The molecule has 6 heteroatoms. The Morgan fingerprint density at radius 3 is 2.79 bits per heavy atom. The Hall–Kier alpha value is -2.10. The zero-order chi connectivity index (χ0) is 13.5. The van der Waals surface area contributed by atoms with Crippen molar-refractivity contribution in [1.29, 1.82) is 5.26 Å². The first-order valence-corrected chi connectivity index (χ1v) is 6.73. The quantitative estimate of drug-likeness (QED) is 0.624. The zero-order valence-electron chi connectivity index (χ0n) is 10.4. The number of hydrogen-bond donors (Lipinski definition) is 2. The second-order valence-electron chi connectivity index (χ2n) is 3.94. The Kier molecular flexibility index (Phi) is 4.72. The van der Waals surface area contributed by atoms with Gasteiger partial charge in [-0.3, -0.25) is 5.43 Å². The normalized spacial score (nSPS) is 9.89. The molecule has 1 aromatic carbocycles. The van der Waals surface area contributed by atoms with Gasteiger partial charge < -0.3 is 4.90 Å². The molecular weight excluding hydrogens is 258 g/mol. The van der Waals surface area contributed by atoms with E-state index in [1.807, 2.05) is 36.5 Å². The fourth-order valence-corrected chi connectivity index (χ4v) is 2.50. The van der Waals surface area contributed by atoms with Crippen molar-refractivity contribution in [2.45, 2.75) is 13.0 Å². The molecule has 0 unspecified atom stereocenters. The SMILES string of the molecule is N#CCCN(Cc1cnc(NN)s1)c1ccccc1. The second-order valence-corrected chi connectivity index (χ2v) is 5.06. The molecule has 5 nitrogen and oxygen atoms in total.